The second-order valence-electron chi connectivity index (χ2n) is 7.11. The molecule has 0 aromatic carbocycles. The van der Waals surface area contributed by atoms with Crippen LogP contribution in [0.25, 0.3) is 0 Å². The first-order valence-corrected chi connectivity index (χ1v) is 9.59. The summed E-state index contributed by atoms with van der Waals surface area (Å²) in [6, 6.07) is 1.18. The Balaban J connectivity index is 1.51. The molecule has 2 aliphatic rings. The number of nitrogens with one attached hydrogen (secondary N) is 2. The molecule has 0 aliphatic carbocycles. The van der Waals surface area contributed by atoms with Crippen molar-refractivity contribution < 1.29 is 9.47 Å². The van der Waals surface area contributed by atoms with Crippen molar-refractivity contribution in [3.05, 3.63) is 0 Å². The van der Waals surface area contributed by atoms with Crippen LogP contribution in [-0.2, 0) is 9.47 Å². The van der Waals surface area contributed by atoms with Crippen LogP contribution in [0, 0.1) is 0 Å². The molecule has 2 N–H and O–H groups in total. The number of nitrogens with zero attached hydrogens (tertiary/aromatic N) is 2. The second kappa shape index (κ2) is 10.9. The number of ether oxygens (including phenoxy) is 2. The number of aliphatic imine (C=N–C) groups is 1. The predicted molar refractivity (Wildman–Crippen MR) is 98.6 cm³/mol. The number of hydrogen-bond donors (Lipinski definition) is 2. The molecule has 2 aliphatic heterocycles. The average Bonchev–Trinajstić information content (AvgIpc) is 3.10. The van der Waals surface area contributed by atoms with E-state index in [9.17, 15) is 0 Å². The third-order valence-corrected chi connectivity index (χ3v) is 4.91. The Bertz CT molecular complexity index is 362. The van der Waals surface area contributed by atoms with Gasteiger partial charge in [0, 0.05) is 52.0 Å². The van der Waals surface area contributed by atoms with E-state index in [1.807, 2.05) is 7.05 Å². The first-order chi connectivity index (χ1) is 11.7. The van der Waals surface area contributed by atoms with Crippen LogP contribution in [0.1, 0.15) is 46.0 Å². The van der Waals surface area contributed by atoms with Gasteiger partial charge in [0.1, 0.15) is 0 Å². The maximum Gasteiger partial charge on any atom is 0.191 e. The molecule has 140 valence electrons. The van der Waals surface area contributed by atoms with Crippen molar-refractivity contribution in [3.63, 3.8) is 0 Å². The number of hydrogen-bond acceptors (Lipinski definition) is 4. The van der Waals surface area contributed by atoms with Gasteiger partial charge in [-0.1, -0.05) is 0 Å². The molecule has 2 heterocycles. The van der Waals surface area contributed by atoms with Crippen molar-refractivity contribution in [1.29, 1.82) is 0 Å². The summed E-state index contributed by atoms with van der Waals surface area (Å²) >= 11 is 0. The number of piperidine rings is 1. The van der Waals surface area contributed by atoms with Crippen LogP contribution in [-0.4, -0.2) is 75.5 Å². The van der Waals surface area contributed by atoms with Crippen molar-refractivity contribution in [2.24, 2.45) is 4.99 Å². The molecule has 0 aromatic heterocycles. The van der Waals surface area contributed by atoms with Crippen LogP contribution >= 0.6 is 0 Å². The Labute approximate surface area is 147 Å². The predicted octanol–water partition coefficient (Wildman–Crippen LogP) is 1.61. The minimum Gasteiger partial charge on any atom is -0.379 e. The van der Waals surface area contributed by atoms with Crippen LogP contribution in [0.3, 0.4) is 0 Å². The monoisotopic (exact) mass is 340 g/mol. The summed E-state index contributed by atoms with van der Waals surface area (Å²) in [7, 11) is 1.84. The highest BCUT2D eigenvalue weighted by Gasteiger charge is 2.21. The molecular weight excluding hydrogens is 304 g/mol. The molecule has 6 heteroatoms. The summed E-state index contributed by atoms with van der Waals surface area (Å²) in [5.41, 5.74) is 0. The highest BCUT2D eigenvalue weighted by Crippen LogP contribution is 2.13. The zero-order valence-corrected chi connectivity index (χ0v) is 15.7. The van der Waals surface area contributed by atoms with E-state index < -0.39 is 0 Å². The van der Waals surface area contributed by atoms with Gasteiger partial charge in [-0.05, 0) is 46.0 Å². The fourth-order valence-electron chi connectivity index (χ4n) is 3.32. The number of likely N-dealkylation sites (tertiary alicyclic amines) is 1. The number of guanidine groups is 1. The lowest BCUT2D eigenvalue weighted by atomic mass is 10.0. The van der Waals surface area contributed by atoms with Crippen molar-refractivity contribution >= 4 is 5.96 Å². The zero-order valence-electron chi connectivity index (χ0n) is 15.7. The quantitative estimate of drug-likeness (QED) is 0.399. The standard InChI is InChI=1S/C18H36N4O2/c1-15(2)22-10-7-16(8-11-22)21-18(19-3)20-9-5-12-23-14-17-6-4-13-24-17/h15-17H,4-14H2,1-3H3,(H2,19,20,21). The summed E-state index contributed by atoms with van der Waals surface area (Å²) in [6.45, 7) is 10.2. The highest BCUT2D eigenvalue weighted by atomic mass is 16.5. The van der Waals surface area contributed by atoms with E-state index in [-0.39, 0.29) is 0 Å². The Kier molecular flexibility index (Phi) is 8.84. The summed E-state index contributed by atoms with van der Waals surface area (Å²) < 4.78 is 11.2. The molecule has 0 bridgehead atoms. The van der Waals surface area contributed by atoms with Crippen molar-refractivity contribution in [1.82, 2.24) is 15.5 Å². The van der Waals surface area contributed by atoms with Gasteiger partial charge in [-0.3, -0.25) is 4.99 Å². The van der Waals surface area contributed by atoms with Gasteiger partial charge in [0.05, 0.1) is 12.7 Å². The molecule has 2 rings (SSSR count). The van der Waals surface area contributed by atoms with Gasteiger partial charge in [0.15, 0.2) is 5.96 Å². The van der Waals surface area contributed by atoms with Gasteiger partial charge in [0.2, 0.25) is 0 Å². The summed E-state index contributed by atoms with van der Waals surface area (Å²) in [4.78, 5) is 6.88. The topological polar surface area (TPSA) is 58.1 Å². The highest BCUT2D eigenvalue weighted by molar-refractivity contribution is 5.79. The molecule has 0 amide bonds. The fourth-order valence-corrected chi connectivity index (χ4v) is 3.32. The molecule has 2 fully saturated rings. The van der Waals surface area contributed by atoms with E-state index in [1.165, 1.54) is 32.4 Å². The minimum absolute atomic E-state index is 0.323. The maximum atomic E-state index is 5.69. The first-order valence-electron chi connectivity index (χ1n) is 9.59. The van der Waals surface area contributed by atoms with E-state index >= 15 is 0 Å². The molecule has 0 aromatic rings. The van der Waals surface area contributed by atoms with Crippen LogP contribution in [0.15, 0.2) is 4.99 Å². The van der Waals surface area contributed by atoms with Gasteiger partial charge in [0.25, 0.3) is 0 Å². The normalized spacial score (nSPS) is 23.8. The van der Waals surface area contributed by atoms with Crippen molar-refractivity contribution in [2.75, 3.05) is 46.5 Å². The van der Waals surface area contributed by atoms with E-state index in [4.69, 9.17) is 9.47 Å². The number of rotatable bonds is 8. The molecule has 0 saturated carbocycles. The molecule has 2 saturated heterocycles. The summed E-state index contributed by atoms with van der Waals surface area (Å²) in [6.07, 6.45) is 5.99. The lowest BCUT2D eigenvalue weighted by molar-refractivity contribution is 0.0168. The molecule has 1 atom stereocenters. The van der Waals surface area contributed by atoms with E-state index in [2.05, 4.69) is 34.4 Å². The maximum absolute atomic E-state index is 5.69. The largest absolute Gasteiger partial charge is 0.379 e. The molecule has 6 nitrogen and oxygen atoms in total. The average molecular weight is 341 g/mol. The van der Waals surface area contributed by atoms with Gasteiger partial charge in [-0.15, -0.1) is 0 Å². The fraction of sp³-hybridized carbons (Fsp3) is 0.944. The molecule has 0 radical (unpaired) electrons. The van der Waals surface area contributed by atoms with Gasteiger partial charge < -0.3 is 25.0 Å². The van der Waals surface area contributed by atoms with Gasteiger partial charge in [-0.2, -0.15) is 0 Å². The van der Waals surface area contributed by atoms with Gasteiger partial charge >= 0.3 is 0 Å². The van der Waals surface area contributed by atoms with E-state index in [0.717, 1.165) is 45.2 Å². The van der Waals surface area contributed by atoms with Crippen LogP contribution < -0.4 is 10.6 Å². The SMILES string of the molecule is CN=C(NCCCOCC1CCCO1)NC1CCN(C(C)C)CC1. The minimum atomic E-state index is 0.323. The Hall–Kier alpha value is -0.850. The van der Waals surface area contributed by atoms with E-state index in [1.54, 1.807) is 0 Å². The zero-order chi connectivity index (χ0) is 17.2. The first kappa shape index (κ1) is 19.5. The molecular formula is C18H36N4O2. The lowest BCUT2D eigenvalue weighted by Crippen LogP contribution is -2.50. The van der Waals surface area contributed by atoms with Crippen LogP contribution in [0.2, 0.25) is 0 Å². The smallest absolute Gasteiger partial charge is 0.191 e. The lowest BCUT2D eigenvalue weighted by Gasteiger charge is -2.35. The van der Waals surface area contributed by atoms with Crippen LogP contribution in [0.4, 0.5) is 0 Å². The Morgan fingerprint density at radius 2 is 2.08 bits per heavy atom. The van der Waals surface area contributed by atoms with Crippen molar-refractivity contribution in [3.8, 4) is 0 Å². The molecule has 24 heavy (non-hydrogen) atoms. The molecule has 1 unspecified atom stereocenters. The Morgan fingerprint density at radius 3 is 2.71 bits per heavy atom. The van der Waals surface area contributed by atoms with Crippen molar-refractivity contribution in [2.45, 2.75) is 64.1 Å². The molecule has 0 spiro atoms. The van der Waals surface area contributed by atoms with Crippen LogP contribution in [0.5, 0.6) is 0 Å². The summed E-state index contributed by atoms with van der Waals surface area (Å²) in [5.74, 6) is 0.914. The second-order valence-corrected chi connectivity index (χ2v) is 7.11. The summed E-state index contributed by atoms with van der Waals surface area (Å²) in [5, 5.41) is 6.95. The third-order valence-electron chi connectivity index (χ3n) is 4.91. The third kappa shape index (κ3) is 6.95. The van der Waals surface area contributed by atoms with E-state index in [0.29, 0.717) is 18.2 Å². The Morgan fingerprint density at radius 1 is 1.29 bits per heavy atom. The van der Waals surface area contributed by atoms with Gasteiger partial charge in [-0.25, -0.2) is 0 Å².